The second kappa shape index (κ2) is 7.06. The molecule has 7 nitrogen and oxygen atoms in total. The lowest BCUT2D eigenvalue weighted by Crippen LogP contribution is -2.31. The Hall–Kier alpha value is -2.67. The van der Waals surface area contributed by atoms with E-state index in [1.165, 1.54) is 17.1 Å². The molecule has 0 fully saturated rings. The largest absolute Gasteiger partial charge is 0.464 e. The van der Waals surface area contributed by atoms with Crippen molar-refractivity contribution in [1.29, 1.82) is 0 Å². The predicted octanol–water partition coefficient (Wildman–Crippen LogP) is 2.75. The molecule has 3 rings (SSSR count). The molecule has 3 aromatic rings. The van der Waals surface area contributed by atoms with Gasteiger partial charge in [0.25, 0.3) is 5.56 Å². The molecule has 25 heavy (non-hydrogen) atoms. The van der Waals surface area contributed by atoms with Crippen molar-refractivity contribution in [1.82, 2.24) is 19.3 Å². The quantitative estimate of drug-likeness (QED) is 0.654. The van der Waals surface area contributed by atoms with Crippen molar-refractivity contribution in [3.05, 3.63) is 52.2 Å². The summed E-state index contributed by atoms with van der Waals surface area (Å²) in [5.74, 6) is -0.446. The molecule has 0 amide bonds. The summed E-state index contributed by atoms with van der Waals surface area (Å²) in [7, 11) is 0. The van der Waals surface area contributed by atoms with Crippen molar-refractivity contribution in [3.8, 4) is 5.69 Å². The van der Waals surface area contributed by atoms with Gasteiger partial charge in [0.05, 0.1) is 18.5 Å². The lowest BCUT2D eigenvalue weighted by Gasteiger charge is -2.16. The predicted molar refractivity (Wildman–Crippen MR) is 94.1 cm³/mol. The molecule has 0 spiro atoms. The highest BCUT2D eigenvalue weighted by Crippen LogP contribution is 2.18. The maximum absolute atomic E-state index is 12.8. The minimum Gasteiger partial charge on any atom is -0.464 e. The summed E-state index contributed by atoms with van der Waals surface area (Å²) in [6.45, 7) is 3.80. The Morgan fingerprint density at radius 2 is 2.00 bits per heavy atom. The van der Waals surface area contributed by atoms with Crippen LogP contribution in [-0.4, -0.2) is 31.9 Å². The minimum atomic E-state index is -0.705. The fourth-order valence-corrected chi connectivity index (χ4v) is 2.76. The van der Waals surface area contributed by atoms with E-state index in [4.69, 9.17) is 16.3 Å². The Balaban J connectivity index is 2.09. The summed E-state index contributed by atoms with van der Waals surface area (Å²) in [4.78, 5) is 29.2. The van der Waals surface area contributed by atoms with Gasteiger partial charge in [0.2, 0.25) is 0 Å². The van der Waals surface area contributed by atoms with Gasteiger partial charge in [-0.3, -0.25) is 9.36 Å². The molecule has 2 heterocycles. The molecule has 8 heteroatoms. The van der Waals surface area contributed by atoms with Gasteiger partial charge < -0.3 is 4.74 Å². The van der Waals surface area contributed by atoms with Gasteiger partial charge in [-0.15, -0.1) is 0 Å². The average Bonchev–Trinajstić information content (AvgIpc) is 3.03. The maximum Gasteiger partial charge on any atom is 0.329 e. The van der Waals surface area contributed by atoms with Crippen LogP contribution in [0.15, 0.2) is 41.6 Å². The van der Waals surface area contributed by atoms with Crippen LogP contribution < -0.4 is 5.56 Å². The van der Waals surface area contributed by atoms with Crippen molar-refractivity contribution in [2.45, 2.75) is 26.3 Å². The zero-order chi connectivity index (χ0) is 18.0. The van der Waals surface area contributed by atoms with Crippen molar-refractivity contribution < 1.29 is 9.53 Å². The van der Waals surface area contributed by atoms with E-state index in [2.05, 4.69) is 10.1 Å². The van der Waals surface area contributed by atoms with Gasteiger partial charge in [0.1, 0.15) is 17.8 Å². The molecule has 1 atom stereocenters. The van der Waals surface area contributed by atoms with Crippen molar-refractivity contribution in [2.75, 3.05) is 6.61 Å². The molecule has 0 aliphatic rings. The molecule has 0 aliphatic heterocycles. The first-order chi connectivity index (χ1) is 12.1. The second-order valence-electron chi connectivity index (χ2n) is 5.40. The van der Waals surface area contributed by atoms with E-state index in [0.717, 1.165) is 5.69 Å². The molecule has 1 aromatic carbocycles. The molecule has 0 N–H and O–H groups in total. The van der Waals surface area contributed by atoms with Crippen molar-refractivity contribution in [2.24, 2.45) is 0 Å². The lowest BCUT2D eigenvalue weighted by atomic mass is 10.2. The van der Waals surface area contributed by atoms with Crippen LogP contribution in [-0.2, 0) is 9.53 Å². The molecule has 0 saturated carbocycles. The van der Waals surface area contributed by atoms with E-state index >= 15 is 0 Å². The highest BCUT2D eigenvalue weighted by molar-refractivity contribution is 6.30. The zero-order valence-electron chi connectivity index (χ0n) is 13.8. The Kier molecular flexibility index (Phi) is 4.85. The molecule has 0 aliphatic carbocycles. The molecule has 0 bridgehead atoms. The van der Waals surface area contributed by atoms with Crippen LogP contribution in [0, 0.1) is 0 Å². The fourth-order valence-electron chi connectivity index (χ4n) is 2.63. The van der Waals surface area contributed by atoms with Crippen LogP contribution in [0.25, 0.3) is 16.7 Å². The first-order valence-corrected chi connectivity index (χ1v) is 8.32. The molecule has 0 saturated heterocycles. The number of hydrogen-bond acceptors (Lipinski definition) is 5. The minimum absolute atomic E-state index is 0.258. The van der Waals surface area contributed by atoms with Gasteiger partial charge in [-0.2, -0.15) is 5.10 Å². The Labute approximate surface area is 148 Å². The zero-order valence-corrected chi connectivity index (χ0v) is 14.6. The second-order valence-corrected chi connectivity index (χ2v) is 5.84. The maximum atomic E-state index is 12.8. The molecule has 0 radical (unpaired) electrons. The van der Waals surface area contributed by atoms with Gasteiger partial charge in [0, 0.05) is 5.02 Å². The number of nitrogens with zero attached hydrogens (tertiary/aromatic N) is 4. The fraction of sp³-hybridized carbons (Fsp3) is 0.294. The highest BCUT2D eigenvalue weighted by atomic mass is 35.5. The first-order valence-electron chi connectivity index (χ1n) is 7.94. The van der Waals surface area contributed by atoms with Crippen LogP contribution in [0.4, 0.5) is 0 Å². The third-order valence-corrected chi connectivity index (χ3v) is 4.12. The number of hydrogen-bond donors (Lipinski definition) is 0. The summed E-state index contributed by atoms with van der Waals surface area (Å²) in [5.41, 5.74) is 0.828. The molecular weight excluding hydrogens is 344 g/mol. The van der Waals surface area contributed by atoms with Crippen molar-refractivity contribution in [3.63, 3.8) is 0 Å². The first kappa shape index (κ1) is 17.2. The summed E-state index contributed by atoms with van der Waals surface area (Å²) in [6, 6.07) is 6.34. The highest BCUT2D eigenvalue weighted by Gasteiger charge is 2.23. The van der Waals surface area contributed by atoms with Crippen LogP contribution in [0.5, 0.6) is 0 Å². The number of fused-ring (bicyclic) bond motifs is 1. The molecular formula is C17H17ClN4O3. The van der Waals surface area contributed by atoms with Crippen LogP contribution in [0.1, 0.15) is 26.3 Å². The normalized spacial score (nSPS) is 12.3. The van der Waals surface area contributed by atoms with E-state index in [1.54, 1.807) is 35.9 Å². The van der Waals surface area contributed by atoms with E-state index in [-0.39, 0.29) is 12.2 Å². The monoisotopic (exact) mass is 360 g/mol. The van der Waals surface area contributed by atoms with Gasteiger partial charge in [0.15, 0.2) is 5.65 Å². The van der Waals surface area contributed by atoms with Gasteiger partial charge in [-0.05, 0) is 37.6 Å². The number of benzene rings is 1. The lowest BCUT2D eigenvalue weighted by molar-refractivity contribution is -0.147. The van der Waals surface area contributed by atoms with E-state index in [1.807, 2.05) is 6.92 Å². The Bertz CT molecular complexity index is 962. The number of esters is 1. The van der Waals surface area contributed by atoms with E-state index in [9.17, 15) is 9.59 Å². The van der Waals surface area contributed by atoms with Crippen LogP contribution in [0.2, 0.25) is 5.02 Å². The summed E-state index contributed by atoms with van der Waals surface area (Å²) < 4.78 is 7.90. The van der Waals surface area contributed by atoms with E-state index in [0.29, 0.717) is 22.5 Å². The topological polar surface area (TPSA) is 79.0 Å². The smallest absolute Gasteiger partial charge is 0.329 e. The number of ether oxygens (including phenoxy) is 1. The molecule has 2 aromatic heterocycles. The molecule has 130 valence electrons. The summed E-state index contributed by atoms with van der Waals surface area (Å²) in [6.07, 6.45) is 3.24. The van der Waals surface area contributed by atoms with Gasteiger partial charge in [-0.25, -0.2) is 14.5 Å². The van der Waals surface area contributed by atoms with Crippen molar-refractivity contribution >= 4 is 28.6 Å². The Morgan fingerprint density at radius 1 is 1.28 bits per heavy atom. The van der Waals surface area contributed by atoms with Gasteiger partial charge >= 0.3 is 5.97 Å². The third kappa shape index (κ3) is 3.15. The summed E-state index contributed by atoms with van der Waals surface area (Å²) >= 11 is 5.90. The number of rotatable bonds is 5. The average molecular weight is 361 g/mol. The number of carbonyl (C=O) groups is 1. The molecule has 0 unspecified atom stereocenters. The third-order valence-electron chi connectivity index (χ3n) is 3.87. The number of aromatic nitrogens is 4. The Morgan fingerprint density at radius 3 is 2.64 bits per heavy atom. The van der Waals surface area contributed by atoms with Crippen LogP contribution in [0.3, 0.4) is 0 Å². The van der Waals surface area contributed by atoms with E-state index < -0.39 is 12.0 Å². The summed E-state index contributed by atoms with van der Waals surface area (Å²) in [5, 5.41) is 5.19. The number of halogens is 1. The SMILES string of the molecule is CCOC(=O)[C@H](CC)n1cnc2c(cnn2-c2ccc(Cl)cc2)c1=O. The number of carbonyl (C=O) groups excluding carboxylic acids is 1. The van der Waals surface area contributed by atoms with Gasteiger partial charge in [-0.1, -0.05) is 18.5 Å². The van der Waals surface area contributed by atoms with Crippen LogP contribution >= 0.6 is 11.6 Å². The standard InChI is InChI=1S/C17H17ClN4O3/c1-3-14(17(24)25-4-2)21-10-19-15-13(16(21)23)9-20-22(15)12-7-5-11(18)6-8-12/h5-10,14H,3-4H2,1-2H3/t14-/m0/s1.